The van der Waals surface area contributed by atoms with Crippen LogP contribution in [-0.2, 0) is 23.6 Å². The van der Waals surface area contributed by atoms with Gasteiger partial charge in [0.2, 0.25) is 10.0 Å². The molecule has 108 valence electrons. The molecule has 0 unspecified atom stereocenters. The predicted molar refractivity (Wildman–Crippen MR) is 77.5 cm³/mol. The summed E-state index contributed by atoms with van der Waals surface area (Å²) in [6, 6.07) is 4.91. The van der Waals surface area contributed by atoms with Crippen LogP contribution < -0.4 is 16.2 Å². The minimum absolute atomic E-state index is 0.0324. The molecule has 1 aromatic carbocycles. The van der Waals surface area contributed by atoms with Crippen LogP contribution in [0, 0.1) is 6.92 Å². The minimum atomic E-state index is -3.80. The zero-order valence-electron chi connectivity index (χ0n) is 11.3. The molecule has 8 heteroatoms. The smallest absolute Gasteiger partial charge is 0.238 e. The van der Waals surface area contributed by atoms with Gasteiger partial charge in [-0.3, -0.25) is 4.68 Å². The highest BCUT2D eigenvalue weighted by Gasteiger charge is 2.15. The summed E-state index contributed by atoms with van der Waals surface area (Å²) < 4.78 is 24.8. The van der Waals surface area contributed by atoms with Crippen LogP contribution in [0.25, 0.3) is 0 Å². The molecule has 0 aliphatic rings. The molecule has 1 heterocycles. The number of benzene rings is 1. The second kappa shape index (κ2) is 5.14. The number of nitrogens with zero attached hydrogens (tertiary/aromatic N) is 2. The van der Waals surface area contributed by atoms with Gasteiger partial charge < -0.3 is 11.1 Å². The average molecular weight is 295 g/mol. The number of sulfonamides is 1. The Morgan fingerprint density at radius 3 is 2.65 bits per heavy atom. The Kier molecular flexibility index (Phi) is 3.69. The van der Waals surface area contributed by atoms with Crippen molar-refractivity contribution in [1.82, 2.24) is 9.78 Å². The number of rotatable bonds is 4. The minimum Gasteiger partial charge on any atom is -0.399 e. The van der Waals surface area contributed by atoms with Crippen molar-refractivity contribution in [2.45, 2.75) is 18.4 Å². The van der Waals surface area contributed by atoms with Crippen LogP contribution in [0.3, 0.4) is 0 Å². The fourth-order valence-electron chi connectivity index (χ4n) is 1.95. The largest absolute Gasteiger partial charge is 0.399 e. The monoisotopic (exact) mass is 295 g/mol. The first-order valence-corrected chi connectivity index (χ1v) is 7.47. The van der Waals surface area contributed by atoms with Gasteiger partial charge in [0.1, 0.15) is 0 Å². The van der Waals surface area contributed by atoms with Gasteiger partial charge in [-0.05, 0) is 30.7 Å². The molecule has 0 amide bonds. The highest BCUT2D eigenvalue weighted by Crippen LogP contribution is 2.26. The third-order valence-corrected chi connectivity index (χ3v) is 4.11. The molecule has 5 N–H and O–H groups in total. The molecule has 0 aliphatic heterocycles. The number of anilines is 2. The lowest BCUT2D eigenvalue weighted by Gasteiger charge is -2.13. The maximum absolute atomic E-state index is 11.5. The van der Waals surface area contributed by atoms with E-state index < -0.39 is 10.0 Å². The average Bonchev–Trinajstić information content (AvgIpc) is 2.74. The van der Waals surface area contributed by atoms with E-state index in [1.54, 1.807) is 23.9 Å². The number of aryl methyl sites for hydroxylation is 1. The molecule has 0 fully saturated rings. The standard InChI is InChI=1S/C12H17N5O2S/c1-8-11(15-7-10-3-4-16-17(10)2)5-9(13)6-12(8)20(14,18)19/h3-6,15H,7,13H2,1-2H3,(H2,14,18,19). The number of hydrogen-bond acceptors (Lipinski definition) is 5. The maximum Gasteiger partial charge on any atom is 0.238 e. The van der Waals surface area contributed by atoms with Crippen molar-refractivity contribution in [3.63, 3.8) is 0 Å². The number of nitrogen functional groups attached to an aromatic ring is 1. The van der Waals surface area contributed by atoms with Gasteiger partial charge in [0.05, 0.1) is 17.1 Å². The molecule has 2 rings (SSSR count). The lowest BCUT2D eigenvalue weighted by molar-refractivity contribution is 0.597. The fourth-order valence-corrected chi connectivity index (χ4v) is 2.79. The first-order valence-electron chi connectivity index (χ1n) is 5.92. The van der Waals surface area contributed by atoms with E-state index in [9.17, 15) is 8.42 Å². The van der Waals surface area contributed by atoms with Crippen molar-refractivity contribution in [3.8, 4) is 0 Å². The van der Waals surface area contributed by atoms with Crippen LogP contribution in [0.15, 0.2) is 29.3 Å². The van der Waals surface area contributed by atoms with Gasteiger partial charge in [-0.1, -0.05) is 0 Å². The topological polar surface area (TPSA) is 116 Å². The zero-order chi connectivity index (χ0) is 14.9. The second-order valence-electron chi connectivity index (χ2n) is 4.54. The van der Waals surface area contributed by atoms with Crippen LogP contribution >= 0.6 is 0 Å². The summed E-state index contributed by atoms with van der Waals surface area (Å²) in [6.45, 7) is 2.19. The van der Waals surface area contributed by atoms with Crippen molar-refractivity contribution in [2.24, 2.45) is 12.2 Å². The van der Waals surface area contributed by atoms with Crippen LogP contribution in [0.4, 0.5) is 11.4 Å². The number of nitrogens with two attached hydrogens (primary N) is 2. The fraction of sp³-hybridized carbons (Fsp3) is 0.250. The van der Waals surface area contributed by atoms with Crippen LogP contribution in [-0.4, -0.2) is 18.2 Å². The molecule has 2 aromatic rings. The summed E-state index contributed by atoms with van der Waals surface area (Å²) >= 11 is 0. The summed E-state index contributed by atoms with van der Waals surface area (Å²) in [5, 5.41) is 12.4. The summed E-state index contributed by atoms with van der Waals surface area (Å²) in [7, 11) is -1.96. The summed E-state index contributed by atoms with van der Waals surface area (Å²) in [6.07, 6.45) is 1.69. The normalized spacial score (nSPS) is 11.6. The Hall–Kier alpha value is -2.06. The number of primary sulfonamides is 1. The van der Waals surface area contributed by atoms with Gasteiger partial charge >= 0.3 is 0 Å². The molecular formula is C12H17N5O2S. The van der Waals surface area contributed by atoms with E-state index in [1.807, 2.05) is 13.1 Å². The van der Waals surface area contributed by atoms with Crippen molar-refractivity contribution in [1.29, 1.82) is 0 Å². The molecule has 0 atom stereocenters. The van der Waals surface area contributed by atoms with Gasteiger partial charge in [-0.15, -0.1) is 0 Å². The van der Waals surface area contributed by atoms with Crippen molar-refractivity contribution >= 4 is 21.4 Å². The van der Waals surface area contributed by atoms with E-state index >= 15 is 0 Å². The summed E-state index contributed by atoms with van der Waals surface area (Å²) in [5.74, 6) is 0. The van der Waals surface area contributed by atoms with Gasteiger partial charge in [0.15, 0.2) is 0 Å². The number of aromatic nitrogens is 2. The van der Waals surface area contributed by atoms with E-state index in [0.29, 0.717) is 23.5 Å². The second-order valence-corrected chi connectivity index (χ2v) is 6.07. The molecule has 0 saturated carbocycles. The van der Waals surface area contributed by atoms with Gasteiger partial charge in [-0.2, -0.15) is 5.10 Å². The summed E-state index contributed by atoms with van der Waals surface area (Å²) in [4.78, 5) is 0.0324. The molecular weight excluding hydrogens is 278 g/mol. The SMILES string of the molecule is Cc1c(NCc2ccnn2C)cc(N)cc1S(N)(=O)=O. The molecule has 0 aliphatic carbocycles. The van der Waals surface area contributed by atoms with Crippen molar-refractivity contribution in [3.05, 3.63) is 35.7 Å². The molecule has 0 radical (unpaired) electrons. The summed E-state index contributed by atoms with van der Waals surface area (Å²) in [5.41, 5.74) is 8.21. The highest BCUT2D eigenvalue weighted by molar-refractivity contribution is 7.89. The van der Waals surface area contributed by atoms with Crippen molar-refractivity contribution < 1.29 is 8.42 Å². The lowest BCUT2D eigenvalue weighted by Crippen LogP contribution is -2.15. The third-order valence-electron chi connectivity index (χ3n) is 3.07. The van der Waals surface area contributed by atoms with E-state index in [-0.39, 0.29) is 4.90 Å². The zero-order valence-corrected chi connectivity index (χ0v) is 12.1. The van der Waals surface area contributed by atoms with Gasteiger partial charge in [0, 0.05) is 24.6 Å². The Bertz CT molecular complexity index is 736. The van der Waals surface area contributed by atoms with E-state index in [4.69, 9.17) is 10.9 Å². The van der Waals surface area contributed by atoms with Gasteiger partial charge in [0.25, 0.3) is 0 Å². The maximum atomic E-state index is 11.5. The highest BCUT2D eigenvalue weighted by atomic mass is 32.2. The van der Waals surface area contributed by atoms with E-state index in [0.717, 1.165) is 5.69 Å². The Balaban J connectivity index is 2.33. The van der Waals surface area contributed by atoms with Crippen molar-refractivity contribution in [2.75, 3.05) is 11.1 Å². The molecule has 0 bridgehead atoms. The molecule has 0 spiro atoms. The molecule has 7 nitrogen and oxygen atoms in total. The van der Waals surface area contributed by atoms with Crippen LogP contribution in [0.1, 0.15) is 11.3 Å². The first-order chi connectivity index (χ1) is 9.29. The Morgan fingerprint density at radius 2 is 2.10 bits per heavy atom. The third kappa shape index (κ3) is 2.91. The first kappa shape index (κ1) is 14.4. The number of nitrogens with one attached hydrogen (secondary N) is 1. The lowest BCUT2D eigenvalue weighted by atomic mass is 10.1. The predicted octanol–water partition coefficient (Wildman–Crippen LogP) is 0.570. The van der Waals surface area contributed by atoms with Crippen LogP contribution in [0.2, 0.25) is 0 Å². The van der Waals surface area contributed by atoms with Gasteiger partial charge in [-0.25, -0.2) is 13.6 Å². The molecule has 20 heavy (non-hydrogen) atoms. The number of hydrogen-bond donors (Lipinski definition) is 3. The van der Waals surface area contributed by atoms with E-state index in [2.05, 4.69) is 10.4 Å². The molecule has 0 saturated heterocycles. The van der Waals surface area contributed by atoms with E-state index in [1.165, 1.54) is 6.07 Å². The Morgan fingerprint density at radius 1 is 1.40 bits per heavy atom. The Labute approximate surface area is 117 Å². The quantitative estimate of drug-likeness (QED) is 0.713. The van der Waals surface area contributed by atoms with Crippen LogP contribution in [0.5, 0.6) is 0 Å². The molecule has 1 aromatic heterocycles.